The molecule has 0 spiro atoms. The molecule has 27 heavy (non-hydrogen) atoms. The van der Waals surface area contributed by atoms with Gasteiger partial charge in [-0.3, -0.25) is 4.79 Å². The van der Waals surface area contributed by atoms with Crippen molar-refractivity contribution in [2.75, 3.05) is 18.1 Å². The largest absolute Gasteiger partial charge is 0.481 e. The van der Waals surface area contributed by atoms with Gasteiger partial charge in [-0.15, -0.1) is 0 Å². The fraction of sp³-hybridized carbons (Fsp3) is 0.562. The minimum atomic E-state index is -3.97. The molecule has 1 heterocycles. The number of rotatable bonds is 9. The lowest BCUT2D eigenvalue weighted by Gasteiger charge is -2.27. The molecule has 0 unspecified atom stereocenters. The Bertz CT molecular complexity index is 901. The van der Waals surface area contributed by atoms with Crippen LogP contribution in [0.25, 0.3) is 0 Å². The van der Waals surface area contributed by atoms with Crippen molar-refractivity contribution in [2.24, 2.45) is 0 Å². The van der Waals surface area contributed by atoms with E-state index in [1.807, 2.05) is 0 Å². The number of carboxylic acids is 1. The predicted molar refractivity (Wildman–Crippen MR) is 104 cm³/mol. The molecule has 152 valence electrons. The Balaban J connectivity index is 2.22. The van der Waals surface area contributed by atoms with Crippen LogP contribution < -0.4 is 0 Å². The Hall–Kier alpha value is -0.870. The van der Waals surface area contributed by atoms with E-state index in [-0.39, 0.29) is 45.8 Å². The van der Waals surface area contributed by atoms with Gasteiger partial charge in [0.1, 0.15) is 0 Å². The minimum Gasteiger partial charge on any atom is -0.481 e. The molecule has 0 aliphatic carbocycles. The number of aliphatic carboxylic acids is 1. The van der Waals surface area contributed by atoms with Crippen LogP contribution in [-0.4, -0.2) is 56.3 Å². The first-order valence-corrected chi connectivity index (χ1v) is 12.4. The zero-order valence-electron chi connectivity index (χ0n) is 14.5. The molecule has 1 aliphatic heterocycles. The second kappa shape index (κ2) is 9.09. The van der Waals surface area contributed by atoms with E-state index < -0.39 is 31.9 Å². The summed E-state index contributed by atoms with van der Waals surface area (Å²) in [7, 11) is -7.24. The van der Waals surface area contributed by atoms with Crippen LogP contribution in [0.2, 0.25) is 10.0 Å². The van der Waals surface area contributed by atoms with Crippen LogP contribution in [0.15, 0.2) is 23.1 Å². The van der Waals surface area contributed by atoms with E-state index in [1.165, 1.54) is 22.5 Å². The van der Waals surface area contributed by atoms with Crippen molar-refractivity contribution in [1.29, 1.82) is 0 Å². The first-order chi connectivity index (χ1) is 12.5. The number of carbonyl (C=O) groups is 1. The van der Waals surface area contributed by atoms with Gasteiger partial charge in [0, 0.05) is 19.0 Å². The highest BCUT2D eigenvalue weighted by Gasteiger charge is 2.38. The molecule has 1 aromatic carbocycles. The van der Waals surface area contributed by atoms with Gasteiger partial charge in [0.15, 0.2) is 9.84 Å². The minimum absolute atomic E-state index is 0.0113. The third-order valence-electron chi connectivity index (χ3n) is 4.38. The van der Waals surface area contributed by atoms with Gasteiger partial charge in [0.25, 0.3) is 0 Å². The van der Waals surface area contributed by atoms with E-state index in [1.54, 1.807) is 0 Å². The summed E-state index contributed by atoms with van der Waals surface area (Å²) in [6.45, 7) is 0.113. The molecular weight excluding hydrogens is 437 g/mol. The zero-order chi connectivity index (χ0) is 20.2. The van der Waals surface area contributed by atoms with Crippen molar-refractivity contribution < 1.29 is 26.7 Å². The van der Waals surface area contributed by atoms with Crippen LogP contribution in [0.5, 0.6) is 0 Å². The van der Waals surface area contributed by atoms with Crippen LogP contribution in [0.4, 0.5) is 0 Å². The van der Waals surface area contributed by atoms with Crippen molar-refractivity contribution >= 4 is 49.0 Å². The third-order valence-corrected chi connectivity index (χ3v) is 8.82. The van der Waals surface area contributed by atoms with Gasteiger partial charge >= 0.3 is 5.97 Å². The van der Waals surface area contributed by atoms with Gasteiger partial charge in [-0.2, -0.15) is 4.31 Å². The normalized spacial score (nSPS) is 19.4. The Morgan fingerprint density at radius 2 is 1.89 bits per heavy atom. The van der Waals surface area contributed by atoms with Crippen LogP contribution in [-0.2, 0) is 24.7 Å². The Labute approximate surface area is 169 Å². The molecule has 0 bridgehead atoms. The molecule has 0 saturated carbocycles. The van der Waals surface area contributed by atoms with Crippen molar-refractivity contribution in [3.05, 3.63) is 28.2 Å². The molecule has 1 atom stereocenters. The number of halogens is 2. The first-order valence-electron chi connectivity index (χ1n) is 8.42. The van der Waals surface area contributed by atoms with Gasteiger partial charge in [-0.1, -0.05) is 29.6 Å². The maximum absolute atomic E-state index is 13.1. The van der Waals surface area contributed by atoms with Crippen molar-refractivity contribution in [3.8, 4) is 0 Å². The number of unbranched alkanes of at least 4 members (excludes halogenated alkanes) is 2. The molecule has 1 fully saturated rings. The van der Waals surface area contributed by atoms with E-state index in [0.29, 0.717) is 19.3 Å². The second-order valence-electron chi connectivity index (χ2n) is 6.45. The highest BCUT2D eigenvalue weighted by molar-refractivity contribution is 7.92. The van der Waals surface area contributed by atoms with Crippen LogP contribution in [0.1, 0.15) is 32.1 Å². The molecule has 1 aromatic rings. The van der Waals surface area contributed by atoms with E-state index in [9.17, 15) is 21.6 Å². The highest BCUT2D eigenvalue weighted by Crippen LogP contribution is 2.30. The van der Waals surface area contributed by atoms with E-state index in [4.69, 9.17) is 28.3 Å². The van der Waals surface area contributed by atoms with Gasteiger partial charge < -0.3 is 5.11 Å². The molecule has 0 amide bonds. The standard InChI is InChI=1S/C16H21Cl2NO6S2/c17-14-6-5-13(10-15(14)18)27(24,25)19(8-3-1-2-4-16(20)21)12-7-9-26(22,23)11-12/h5-6,10,12H,1-4,7-9,11H2,(H,20,21)/t12-/m0/s1. The molecule has 11 heteroatoms. The Kier molecular flexibility index (Phi) is 7.54. The van der Waals surface area contributed by atoms with Crippen molar-refractivity contribution in [3.63, 3.8) is 0 Å². The lowest BCUT2D eigenvalue weighted by Crippen LogP contribution is -2.41. The highest BCUT2D eigenvalue weighted by atomic mass is 35.5. The SMILES string of the molecule is O=C(O)CCCCCN([C@H]1CCS(=O)(=O)C1)S(=O)(=O)c1ccc(Cl)c(Cl)c1. The summed E-state index contributed by atoms with van der Waals surface area (Å²) in [5.41, 5.74) is 0. The van der Waals surface area contributed by atoms with E-state index in [0.717, 1.165) is 0 Å². The second-order valence-corrected chi connectivity index (χ2v) is 11.4. The molecule has 0 radical (unpaired) electrons. The summed E-state index contributed by atoms with van der Waals surface area (Å²) < 4.78 is 51.1. The monoisotopic (exact) mass is 457 g/mol. The third kappa shape index (κ3) is 6.05. The summed E-state index contributed by atoms with van der Waals surface area (Å²) >= 11 is 11.8. The summed E-state index contributed by atoms with van der Waals surface area (Å²) in [4.78, 5) is 10.5. The molecule has 2 rings (SSSR count). The smallest absolute Gasteiger partial charge is 0.303 e. The van der Waals surface area contributed by atoms with Crippen molar-refractivity contribution in [1.82, 2.24) is 4.31 Å². The van der Waals surface area contributed by atoms with Crippen LogP contribution in [0, 0.1) is 0 Å². The van der Waals surface area contributed by atoms with Gasteiger partial charge in [0.2, 0.25) is 10.0 Å². The number of benzene rings is 1. The number of hydrogen-bond acceptors (Lipinski definition) is 5. The molecule has 1 aliphatic rings. The molecule has 7 nitrogen and oxygen atoms in total. The zero-order valence-corrected chi connectivity index (χ0v) is 17.6. The number of sulfonamides is 1. The number of carboxylic acid groups (broad SMARTS) is 1. The van der Waals surface area contributed by atoms with Crippen LogP contribution >= 0.6 is 23.2 Å². The summed E-state index contributed by atoms with van der Waals surface area (Å²) in [6.07, 6.45) is 1.64. The van der Waals surface area contributed by atoms with Gasteiger partial charge in [0.05, 0.1) is 26.4 Å². The number of sulfone groups is 1. The average molecular weight is 458 g/mol. The quantitative estimate of drug-likeness (QED) is 0.570. The topological polar surface area (TPSA) is 109 Å². The maximum Gasteiger partial charge on any atom is 0.303 e. The molecule has 1 saturated heterocycles. The lowest BCUT2D eigenvalue weighted by molar-refractivity contribution is -0.137. The predicted octanol–water partition coefficient (Wildman–Crippen LogP) is 2.82. The van der Waals surface area contributed by atoms with E-state index >= 15 is 0 Å². The average Bonchev–Trinajstić information content (AvgIpc) is 2.92. The fourth-order valence-electron chi connectivity index (χ4n) is 2.99. The maximum atomic E-state index is 13.1. The van der Waals surface area contributed by atoms with Crippen molar-refractivity contribution in [2.45, 2.75) is 43.0 Å². The first kappa shape index (κ1) is 22.4. The van der Waals surface area contributed by atoms with Crippen LogP contribution in [0.3, 0.4) is 0 Å². The van der Waals surface area contributed by atoms with Gasteiger partial charge in [-0.25, -0.2) is 16.8 Å². The lowest BCUT2D eigenvalue weighted by atomic mass is 10.2. The molecule has 0 aromatic heterocycles. The van der Waals surface area contributed by atoms with Gasteiger partial charge in [-0.05, 0) is 37.5 Å². The Morgan fingerprint density at radius 3 is 2.44 bits per heavy atom. The Morgan fingerprint density at radius 1 is 1.19 bits per heavy atom. The molecule has 1 N–H and O–H groups in total. The van der Waals surface area contributed by atoms with E-state index in [2.05, 4.69) is 0 Å². The summed E-state index contributed by atoms with van der Waals surface area (Å²) in [5.74, 6) is -1.18. The summed E-state index contributed by atoms with van der Waals surface area (Å²) in [5, 5.41) is 9.00. The molecular formula is C16H21Cl2NO6S2. The fourth-order valence-corrected chi connectivity index (χ4v) is 6.90. The number of nitrogens with zero attached hydrogens (tertiary/aromatic N) is 1. The number of hydrogen-bond donors (Lipinski definition) is 1. The summed E-state index contributed by atoms with van der Waals surface area (Å²) in [6, 6.07) is 3.33.